The molecule has 4 nitrogen and oxygen atoms in total. The van der Waals surface area contributed by atoms with Crippen molar-refractivity contribution in [3.05, 3.63) is 35.4 Å². The molecule has 1 aliphatic heterocycles. The van der Waals surface area contributed by atoms with Gasteiger partial charge in [-0.25, -0.2) is 0 Å². The summed E-state index contributed by atoms with van der Waals surface area (Å²) in [6.07, 6.45) is -1.28. The number of benzene rings is 1. The Morgan fingerprint density at radius 1 is 1.12 bits per heavy atom. The topological polar surface area (TPSA) is 49.4 Å². The normalized spacial score (nSPS) is 19.9. The van der Waals surface area contributed by atoms with E-state index in [0.717, 1.165) is 25.0 Å². The third-order valence-corrected chi connectivity index (χ3v) is 5.18. The number of alkyl halides is 3. The van der Waals surface area contributed by atoms with E-state index in [-0.39, 0.29) is 23.7 Å². The summed E-state index contributed by atoms with van der Waals surface area (Å²) in [4.78, 5) is 26.3. The Balaban J connectivity index is 1.54. The second kappa shape index (κ2) is 7.29. The minimum absolute atomic E-state index is 0.159. The Labute approximate surface area is 150 Å². The van der Waals surface area contributed by atoms with Crippen LogP contribution in [-0.4, -0.2) is 29.8 Å². The van der Waals surface area contributed by atoms with E-state index in [1.807, 2.05) is 4.90 Å². The lowest BCUT2D eigenvalue weighted by atomic mass is 9.94. The van der Waals surface area contributed by atoms with Crippen LogP contribution in [0, 0.1) is 11.8 Å². The molecule has 1 aliphatic carbocycles. The molecule has 0 radical (unpaired) electrons. The fraction of sp³-hybridized carbons (Fsp3) is 0.579. The Bertz CT molecular complexity index is 678. The summed E-state index contributed by atoms with van der Waals surface area (Å²) in [7, 11) is 0. The van der Waals surface area contributed by atoms with Crippen LogP contribution in [0.25, 0.3) is 0 Å². The van der Waals surface area contributed by atoms with Gasteiger partial charge >= 0.3 is 6.18 Å². The van der Waals surface area contributed by atoms with Crippen molar-refractivity contribution in [3.8, 4) is 0 Å². The van der Waals surface area contributed by atoms with Gasteiger partial charge in [0, 0.05) is 24.9 Å². The highest BCUT2D eigenvalue weighted by atomic mass is 19.4. The number of likely N-dealkylation sites (tertiary alicyclic amines) is 1. The quantitative estimate of drug-likeness (QED) is 0.884. The number of piperidine rings is 1. The molecule has 2 amide bonds. The number of carbonyl (C=O) groups excluding carboxylic acids is 2. The van der Waals surface area contributed by atoms with Crippen molar-refractivity contribution in [2.24, 2.45) is 11.8 Å². The number of rotatable bonds is 4. The average Bonchev–Trinajstić information content (AvgIpc) is 3.45. The first-order valence-electron chi connectivity index (χ1n) is 9.02. The molecule has 1 heterocycles. The summed E-state index contributed by atoms with van der Waals surface area (Å²) < 4.78 is 38.5. The van der Waals surface area contributed by atoms with Crippen molar-refractivity contribution < 1.29 is 22.8 Å². The van der Waals surface area contributed by atoms with Gasteiger partial charge in [-0.1, -0.05) is 12.1 Å². The smallest absolute Gasteiger partial charge is 0.349 e. The molecule has 0 spiro atoms. The molecule has 1 unspecified atom stereocenters. The number of hydrogen-bond donors (Lipinski definition) is 1. The zero-order valence-electron chi connectivity index (χ0n) is 14.7. The molecule has 1 atom stereocenters. The fourth-order valence-corrected chi connectivity index (χ4v) is 3.35. The first kappa shape index (κ1) is 18.7. The van der Waals surface area contributed by atoms with Gasteiger partial charge in [0.05, 0.1) is 11.6 Å². The molecule has 1 aromatic carbocycles. The Hall–Kier alpha value is -2.05. The van der Waals surface area contributed by atoms with E-state index in [0.29, 0.717) is 31.5 Å². The Morgan fingerprint density at radius 3 is 2.35 bits per heavy atom. The number of amides is 2. The molecule has 0 bridgehead atoms. The third-order valence-electron chi connectivity index (χ3n) is 5.18. The predicted octanol–water partition coefficient (Wildman–Crippen LogP) is 3.53. The van der Waals surface area contributed by atoms with Crippen LogP contribution < -0.4 is 5.32 Å². The van der Waals surface area contributed by atoms with Crippen molar-refractivity contribution >= 4 is 11.8 Å². The van der Waals surface area contributed by atoms with Gasteiger partial charge in [0.2, 0.25) is 11.8 Å². The van der Waals surface area contributed by atoms with Crippen LogP contribution in [0.1, 0.15) is 49.8 Å². The minimum atomic E-state index is -4.40. The molecule has 7 heteroatoms. The molecule has 1 saturated heterocycles. The van der Waals surface area contributed by atoms with Gasteiger partial charge in [-0.05, 0) is 50.3 Å². The maximum absolute atomic E-state index is 12.8. The van der Waals surface area contributed by atoms with Crippen LogP contribution in [0.2, 0.25) is 0 Å². The molecular formula is C19H23F3N2O2. The number of nitrogens with zero attached hydrogens (tertiary/aromatic N) is 1. The summed E-state index contributed by atoms with van der Waals surface area (Å²) in [5, 5.41) is 2.81. The third kappa shape index (κ3) is 4.37. The van der Waals surface area contributed by atoms with Gasteiger partial charge in [-0.15, -0.1) is 0 Å². The maximum Gasteiger partial charge on any atom is 0.416 e. The van der Waals surface area contributed by atoms with Crippen LogP contribution in [0.4, 0.5) is 13.2 Å². The van der Waals surface area contributed by atoms with Gasteiger partial charge in [0.25, 0.3) is 0 Å². The molecule has 26 heavy (non-hydrogen) atoms. The highest BCUT2D eigenvalue weighted by Crippen LogP contribution is 2.33. The summed E-state index contributed by atoms with van der Waals surface area (Å²) >= 11 is 0. The second-order valence-corrected chi connectivity index (χ2v) is 7.23. The number of nitrogens with one attached hydrogen (secondary N) is 1. The molecule has 142 valence electrons. The van der Waals surface area contributed by atoms with Crippen LogP contribution in [-0.2, 0) is 15.8 Å². The van der Waals surface area contributed by atoms with Crippen molar-refractivity contribution in [2.75, 3.05) is 13.1 Å². The van der Waals surface area contributed by atoms with Crippen LogP contribution in [0.15, 0.2) is 24.3 Å². The zero-order chi connectivity index (χ0) is 18.9. The van der Waals surface area contributed by atoms with Gasteiger partial charge < -0.3 is 10.2 Å². The standard InChI is InChI=1S/C19H23F3N2O2/c1-12(15-3-2-4-16(11-15)19(20,21)22)23-17(25)13-7-9-24(10-8-13)18(26)14-5-6-14/h2-4,11-14H,5-10H2,1H3,(H,23,25). The summed E-state index contributed by atoms with van der Waals surface area (Å²) in [6.45, 7) is 2.83. The molecule has 1 saturated carbocycles. The Kier molecular flexibility index (Phi) is 5.25. The number of halogens is 3. The zero-order valence-corrected chi connectivity index (χ0v) is 14.7. The first-order chi connectivity index (χ1) is 12.3. The van der Waals surface area contributed by atoms with E-state index < -0.39 is 17.8 Å². The lowest BCUT2D eigenvalue weighted by Crippen LogP contribution is -2.44. The van der Waals surface area contributed by atoms with E-state index in [1.165, 1.54) is 6.07 Å². The Morgan fingerprint density at radius 2 is 1.77 bits per heavy atom. The van der Waals surface area contributed by atoms with Gasteiger partial charge in [-0.2, -0.15) is 13.2 Å². The average molecular weight is 368 g/mol. The van der Waals surface area contributed by atoms with Gasteiger partial charge in [0.15, 0.2) is 0 Å². The maximum atomic E-state index is 12.8. The highest BCUT2D eigenvalue weighted by molar-refractivity contribution is 5.82. The van der Waals surface area contributed by atoms with E-state index in [2.05, 4.69) is 5.32 Å². The molecule has 1 aromatic rings. The lowest BCUT2D eigenvalue weighted by molar-refractivity contribution is -0.138. The number of hydrogen-bond acceptors (Lipinski definition) is 2. The minimum Gasteiger partial charge on any atom is -0.349 e. The fourth-order valence-electron chi connectivity index (χ4n) is 3.35. The molecule has 0 aromatic heterocycles. The molecular weight excluding hydrogens is 345 g/mol. The molecule has 2 fully saturated rings. The van der Waals surface area contributed by atoms with E-state index in [9.17, 15) is 22.8 Å². The van der Waals surface area contributed by atoms with Crippen molar-refractivity contribution in [1.29, 1.82) is 0 Å². The SMILES string of the molecule is CC(NC(=O)C1CCN(C(=O)C2CC2)CC1)c1cccc(C(F)(F)F)c1. The van der Waals surface area contributed by atoms with E-state index in [1.54, 1.807) is 13.0 Å². The monoisotopic (exact) mass is 368 g/mol. The van der Waals surface area contributed by atoms with E-state index >= 15 is 0 Å². The van der Waals surface area contributed by atoms with Crippen LogP contribution in [0.3, 0.4) is 0 Å². The van der Waals surface area contributed by atoms with Gasteiger partial charge in [-0.3, -0.25) is 9.59 Å². The summed E-state index contributed by atoms with van der Waals surface area (Å²) in [5.41, 5.74) is -0.294. The summed E-state index contributed by atoms with van der Waals surface area (Å²) in [5.74, 6) is 0.0161. The van der Waals surface area contributed by atoms with Crippen LogP contribution in [0.5, 0.6) is 0 Å². The van der Waals surface area contributed by atoms with Crippen molar-refractivity contribution in [2.45, 2.75) is 44.8 Å². The lowest BCUT2D eigenvalue weighted by Gasteiger charge is -2.32. The first-order valence-corrected chi connectivity index (χ1v) is 9.02. The van der Waals surface area contributed by atoms with E-state index in [4.69, 9.17) is 0 Å². The van der Waals surface area contributed by atoms with Crippen molar-refractivity contribution in [1.82, 2.24) is 10.2 Å². The van der Waals surface area contributed by atoms with Gasteiger partial charge in [0.1, 0.15) is 0 Å². The number of carbonyl (C=O) groups is 2. The molecule has 1 N–H and O–H groups in total. The second-order valence-electron chi connectivity index (χ2n) is 7.23. The highest BCUT2D eigenvalue weighted by Gasteiger charge is 2.36. The predicted molar refractivity (Wildman–Crippen MR) is 90.0 cm³/mol. The van der Waals surface area contributed by atoms with Crippen LogP contribution >= 0.6 is 0 Å². The molecule has 3 rings (SSSR count). The largest absolute Gasteiger partial charge is 0.416 e. The van der Waals surface area contributed by atoms with Crippen molar-refractivity contribution in [3.63, 3.8) is 0 Å². The summed E-state index contributed by atoms with van der Waals surface area (Å²) in [6, 6.07) is 4.52. The molecule has 2 aliphatic rings.